The first-order chi connectivity index (χ1) is 13.3. The van der Waals surface area contributed by atoms with Crippen LogP contribution in [0.3, 0.4) is 0 Å². The molecule has 1 fully saturated rings. The van der Waals surface area contributed by atoms with Crippen molar-refractivity contribution in [3.63, 3.8) is 0 Å². The van der Waals surface area contributed by atoms with Crippen LogP contribution in [0.15, 0.2) is 24.5 Å². The van der Waals surface area contributed by atoms with Gasteiger partial charge >= 0.3 is 0 Å². The molecule has 8 heteroatoms. The molecule has 1 amide bonds. The minimum absolute atomic E-state index is 0.100. The summed E-state index contributed by atoms with van der Waals surface area (Å²) >= 11 is 0. The molecule has 0 atom stereocenters. The van der Waals surface area contributed by atoms with E-state index in [1.165, 1.54) is 0 Å². The van der Waals surface area contributed by atoms with Gasteiger partial charge in [-0.05, 0) is 51.7 Å². The molecule has 0 unspecified atom stereocenters. The Morgan fingerprint density at radius 1 is 1.14 bits per heavy atom. The van der Waals surface area contributed by atoms with Gasteiger partial charge in [0.2, 0.25) is 5.91 Å². The summed E-state index contributed by atoms with van der Waals surface area (Å²) in [7, 11) is 0. The lowest BCUT2D eigenvalue weighted by Crippen LogP contribution is -2.47. The van der Waals surface area contributed by atoms with Gasteiger partial charge < -0.3 is 20.4 Å². The summed E-state index contributed by atoms with van der Waals surface area (Å²) in [6.07, 6.45) is 6.14. The Balaban J connectivity index is 1.66. The first-order valence-electron chi connectivity index (χ1n) is 9.62. The zero-order valence-electron chi connectivity index (χ0n) is 16.1. The molecule has 1 aliphatic heterocycles. The molecule has 2 aromatic rings. The molecule has 4 rings (SSSR count). The van der Waals surface area contributed by atoms with Crippen LogP contribution in [-0.4, -0.2) is 49.8 Å². The van der Waals surface area contributed by atoms with Crippen molar-refractivity contribution in [2.45, 2.75) is 57.3 Å². The quantitative estimate of drug-likeness (QED) is 0.741. The molecule has 148 valence electrons. The van der Waals surface area contributed by atoms with Crippen molar-refractivity contribution < 1.29 is 15.0 Å². The second-order valence-electron chi connectivity index (χ2n) is 8.06. The molecule has 28 heavy (non-hydrogen) atoms. The molecule has 1 saturated carbocycles. The van der Waals surface area contributed by atoms with E-state index in [9.17, 15) is 15.0 Å². The molecule has 0 spiro atoms. The summed E-state index contributed by atoms with van der Waals surface area (Å²) < 4.78 is 0. The third kappa shape index (κ3) is 3.70. The molecule has 2 aliphatic rings. The van der Waals surface area contributed by atoms with Crippen LogP contribution in [0.4, 0.5) is 11.6 Å². The van der Waals surface area contributed by atoms with Crippen molar-refractivity contribution in [3.05, 3.63) is 30.2 Å². The predicted molar refractivity (Wildman–Crippen MR) is 105 cm³/mol. The number of nitrogens with zero attached hydrogens (tertiary/aromatic N) is 4. The van der Waals surface area contributed by atoms with Crippen molar-refractivity contribution in [2.24, 2.45) is 0 Å². The minimum atomic E-state index is -1.01. The van der Waals surface area contributed by atoms with E-state index in [1.807, 2.05) is 11.0 Å². The average Bonchev–Trinajstić information content (AvgIpc) is 2.67. The van der Waals surface area contributed by atoms with E-state index >= 15 is 0 Å². The number of amides is 1. The monoisotopic (exact) mass is 383 g/mol. The zero-order valence-corrected chi connectivity index (χ0v) is 16.1. The van der Waals surface area contributed by atoms with Crippen LogP contribution in [0.2, 0.25) is 0 Å². The van der Waals surface area contributed by atoms with Crippen LogP contribution >= 0.6 is 0 Å². The van der Waals surface area contributed by atoms with E-state index in [4.69, 9.17) is 4.98 Å². The molecule has 3 N–H and O–H groups in total. The molecule has 2 aromatic heterocycles. The number of anilines is 2. The van der Waals surface area contributed by atoms with E-state index in [0.29, 0.717) is 23.0 Å². The topological polar surface area (TPSA) is 111 Å². The lowest BCUT2D eigenvalue weighted by molar-refractivity contribution is -0.115. The van der Waals surface area contributed by atoms with Gasteiger partial charge in [0.25, 0.3) is 0 Å². The normalized spacial score (nSPS) is 22.6. The van der Waals surface area contributed by atoms with Gasteiger partial charge in [-0.25, -0.2) is 9.97 Å². The van der Waals surface area contributed by atoms with Gasteiger partial charge in [0.15, 0.2) is 11.6 Å². The van der Waals surface area contributed by atoms with Crippen molar-refractivity contribution in [3.8, 4) is 11.3 Å². The first-order valence-corrected chi connectivity index (χ1v) is 9.62. The maximum Gasteiger partial charge on any atom is 0.245 e. The summed E-state index contributed by atoms with van der Waals surface area (Å²) in [5.74, 6) is 1.02. The number of nitrogens with one attached hydrogen (secondary N) is 1. The summed E-state index contributed by atoms with van der Waals surface area (Å²) in [4.78, 5) is 27.7. The molecular formula is C20H25N5O3. The Kier molecular flexibility index (Phi) is 4.76. The fourth-order valence-corrected chi connectivity index (χ4v) is 3.79. The van der Waals surface area contributed by atoms with Crippen LogP contribution in [-0.2, 0) is 10.4 Å². The molecule has 0 bridgehead atoms. The molecule has 3 heterocycles. The Labute approximate surface area is 163 Å². The fraction of sp³-hybridized carbons (Fsp3) is 0.500. The van der Waals surface area contributed by atoms with E-state index in [1.54, 1.807) is 32.3 Å². The number of pyridine rings is 1. The largest absolute Gasteiger partial charge is 0.393 e. The highest BCUT2D eigenvalue weighted by Gasteiger charge is 2.33. The minimum Gasteiger partial charge on any atom is -0.393 e. The van der Waals surface area contributed by atoms with Crippen LogP contribution < -0.4 is 10.2 Å². The predicted octanol–water partition coefficient (Wildman–Crippen LogP) is 1.83. The Morgan fingerprint density at radius 2 is 1.89 bits per heavy atom. The zero-order chi connectivity index (χ0) is 19.9. The number of rotatable bonds is 3. The Morgan fingerprint density at radius 3 is 2.54 bits per heavy atom. The van der Waals surface area contributed by atoms with Crippen molar-refractivity contribution in [1.29, 1.82) is 0 Å². The summed E-state index contributed by atoms with van der Waals surface area (Å²) in [6, 6.07) is 3.80. The van der Waals surface area contributed by atoms with Gasteiger partial charge in [-0.3, -0.25) is 9.78 Å². The van der Waals surface area contributed by atoms with E-state index in [-0.39, 0.29) is 24.6 Å². The average molecular weight is 383 g/mol. The molecule has 8 nitrogen and oxygen atoms in total. The molecule has 0 aromatic carbocycles. The summed E-state index contributed by atoms with van der Waals surface area (Å²) in [6.45, 7) is 3.62. The molecule has 0 radical (unpaired) electrons. The highest BCUT2D eigenvalue weighted by molar-refractivity contribution is 5.99. The van der Waals surface area contributed by atoms with Gasteiger partial charge in [0.05, 0.1) is 30.2 Å². The smallest absolute Gasteiger partial charge is 0.245 e. The maximum atomic E-state index is 12.1. The first kappa shape index (κ1) is 18.8. The van der Waals surface area contributed by atoms with Crippen molar-refractivity contribution >= 4 is 17.5 Å². The number of hydrogen-bond donors (Lipinski definition) is 3. The van der Waals surface area contributed by atoms with Crippen LogP contribution in [0.25, 0.3) is 11.3 Å². The Bertz CT molecular complexity index is 870. The third-order valence-corrected chi connectivity index (χ3v) is 5.39. The molecule has 1 aliphatic carbocycles. The van der Waals surface area contributed by atoms with Gasteiger partial charge in [-0.15, -0.1) is 0 Å². The number of aromatic nitrogens is 3. The number of aliphatic hydroxyl groups excluding tert-OH is 1. The second kappa shape index (κ2) is 7.10. The fourth-order valence-electron chi connectivity index (χ4n) is 3.79. The highest BCUT2D eigenvalue weighted by Crippen LogP contribution is 2.34. The van der Waals surface area contributed by atoms with E-state index < -0.39 is 5.60 Å². The van der Waals surface area contributed by atoms with Crippen LogP contribution in [0.5, 0.6) is 0 Å². The third-order valence-electron chi connectivity index (χ3n) is 5.39. The van der Waals surface area contributed by atoms with E-state index in [0.717, 1.165) is 31.2 Å². The van der Waals surface area contributed by atoms with Crippen molar-refractivity contribution in [2.75, 3.05) is 16.8 Å². The van der Waals surface area contributed by atoms with E-state index in [2.05, 4.69) is 15.3 Å². The number of carbonyl (C=O) groups excluding carboxylic acids is 1. The number of carbonyl (C=O) groups is 1. The number of fused-ring (bicyclic) bond motifs is 1. The molecular weight excluding hydrogens is 358 g/mol. The van der Waals surface area contributed by atoms with Gasteiger partial charge in [-0.2, -0.15) is 0 Å². The van der Waals surface area contributed by atoms with Crippen LogP contribution in [0.1, 0.15) is 45.2 Å². The Hall–Kier alpha value is -2.58. The highest BCUT2D eigenvalue weighted by atomic mass is 16.3. The molecule has 0 saturated heterocycles. The summed E-state index contributed by atoms with van der Waals surface area (Å²) in [5.41, 5.74) is 1.02. The maximum absolute atomic E-state index is 12.1. The van der Waals surface area contributed by atoms with Gasteiger partial charge in [-0.1, -0.05) is 0 Å². The van der Waals surface area contributed by atoms with Crippen LogP contribution in [0, 0.1) is 0 Å². The van der Waals surface area contributed by atoms with Crippen molar-refractivity contribution in [1.82, 2.24) is 15.0 Å². The second-order valence-corrected chi connectivity index (χ2v) is 8.06. The lowest BCUT2D eigenvalue weighted by Gasteiger charge is -2.38. The standard InChI is InChI=1S/C20H25N5O3/c1-20(2,28)16-8-3-12(9-21-16)15-10-22-18-19(23-15)25(11-17(27)24-18)13-4-6-14(26)7-5-13/h3,8-10,13-14,26,28H,4-7,11H2,1-2H3,(H,22,24,27)/t13-,14+. The lowest BCUT2D eigenvalue weighted by atomic mass is 9.91. The number of hydrogen-bond acceptors (Lipinski definition) is 7. The SMILES string of the molecule is CC(C)(O)c1ccc(-c2cnc3c(n2)N([C@H]2CC[C@@H](O)CC2)CC(=O)N3)cn1. The van der Waals surface area contributed by atoms with Gasteiger partial charge in [0, 0.05) is 17.8 Å². The summed E-state index contributed by atoms with van der Waals surface area (Å²) in [5, 5.41) is 22.7. The number of aliphatic hydroxyl groups is 2. The van der Waals surface area contributed by atoms with Gasteiger partial charge in [0.1, 0.15) is 5.60 Å².